The van der Waals surface area contributed by atoms with E-state index in [0.29, 0.717) is 11.1 Å². The van der Waals surface area contributed by atoms with Crippen molar-refractivity contribution in [3.05, 3.63) is 64.8 Å². The Morgan fingerprint density at radius 3 is 2.54 bits per heavy atom. The standard InChI is InChI=1S/C16H15N5O3/c1-20-12-6-2-3-7-13(12)21(16(20)24)10-14(22)18-19-15(23)11-5-4-8-17-9-11/h2-9H,10H2,1H3,(H,18,22)(H,19,23). The summed E-state index contributed by atoms with van der Waals surface area (Å²) in [6.07, 6.45) is 2.93. The normalized spacial score (nSPS) is 10.5. The van der Waals surface area contributed by atoms with Crippen molar-refractivity contribution < 1.29 is 9.59 Å². The van der Waals surface area contributed by atoms with Crippen LogP contribution in [0.3, 0.4) is 0 Å². The Bertz CT molecular complexity index is 959. The molecule has 2 aromatic heterocycles. The number of carbonyl (C=O) groups excluding carboxylic acids is 2. The van der Waals surface area contributed by atoms with Crippen LogP contribution in [-0.2, 0) is 18.4 Å². The van der Waals surface area contributed by atoms with Crippen LogP contribution in [0.15, 0.2) is 53.6 Å². The van der Waals surface area contributed by atoms with Crippen LogP contribution < -0.4 is 16.5 Å². The van der Waals surface area contributed by atoms with Gasteiger partial charge in [0.15, 0.2) is 0 Å². The molecule has 0 aliphatic carbocycles. The number of pyridine rings is 1. The molecule has 24 heavy (non-hydrogen) atoms. The lowest BCUT2D eigenvalue weighted by atomic mass is 10.3. The van der Waals surface area contributed by atoms with Gasteiger partial charge in [-0.15, -0.1) is 0 Å². The summed E-state index contributed by atoms with van der Waals surface area (Å²) in [5.74, 6) is -0.993. The third kappa shape index (κ3) is 2.89. The summed E-state index contributed by atoms with van der Waals surface area (Å²) in [6, 6.07) is 10.4. The van der Waals surface area contributed by atoms with Gasteiger partial charge in [-0.25, -0.2) is 4.79 Å². The second-order valence-electron chi connectivity index (χ2n) is 5.16. The van der Waals surface area contributed by atoms with Gasteiger partial charge in [0.25, 0.3) is 11.8 Å². The summed E-state index contributed by atoms with van der Waals surface area (Å²) in [5.41, 5.74) is 5.99. The van der Waals surface area contributed by atoms with E-state index in [1.807, 2.05) is 6.07 Å². The van der Waals surface area contributed by atoms with Crippen molar-refractivity contribution in [3.63, 3.8) is 0 Å². The molecular weight excluding hydrogens is 310 g/mol. The molecule has 0 saturated heterocycles. The zero-order valence-corrected chi connectivity index (χ0v) is 12.9. The molecule has 0 unspecified atom stereocenters. The lowest BCUT2D eigenvalue weighted by molar-refractivity contribution is -0.122. The first kappa shape index (κ1) is 15.5. The molecule has 8 heteroatoms. The number of nitrogens with zero attached hydrogens (tertiary/aromatic N) is 3. The van der Waals surface area contributed by atoms with E-state index in [4.69, 9.17) is 0 Å². The van der Waals surface area contributed by atoms with E-state index in [1.165, 1.54) is 15.3 Å². The quantitative estimate of drug-likeness (QED) is 0.672. The highest BCUT2D eigenvalue weighted by molar-refractivity contribution is 5.95. The summed E-state index contributed by atoms with van der Waals surface area (Å²) >= 11 is 0. The number of benzene rings is 1. The lowest BCUT2D eigenvalue weighted by Gasteiger charge is -2.07. The van der Waals surface area contributed by atoms with Crippen LogP contribution in [-0.4, -0.2) is 25.9 Å². The smallest absolute Gasteiger partial charge is 0.295 e. The van der Waals surface area contributed by atoms with Gasteiger partial charge in [0, 0.05) is 19.4 Å². The number of carbonyl (C=O) groups is 2. The Hall–Kier alpha value is -3.42. The molecule has 0 aliphatic heterocycles. The first-order chi connectivity index (χ1) is 11.6. The Balaban J connectivity index is 1.71. The molecular formula is C16H15N5O3. The Morgan fingerprint density at radius 2 is 1.83 bits per heavy atom. The minimum Gasteiger partial charge on any atom is -0.295 e. The average molecular weight is 325 g/mol. The van der Waals surface area contributed by atoms with Gasteiger partial charge in [-0.3, -0.25) is 34.6 Å². The van der Waals surface area contributed by atoms with Crippen molar-refractivity contribution in [1.82, 2.24) is 25.0 Å². The number of fused-ring (bicyclic) bond motifs is 1. The largest absolute Gasteiger partial charge is 0.329 e. The fraction of sp³-hybridized carbons (Fsp3) is 0.125. The van der Waals surface area contributed by atoms with Crippen molar-refractivity contribution in [2.75, 3.05) is 0 Å². The van der Waals surface area contributed by atoms with Crippen LogP contribution >= 0.6 is 0 Å². The number of aromatic nitrogens is 3. The Kier molecular flexibility index (Phi) is 4.11. The number of amides is 2. The molecule has 0 radical (unpaired) electrons. The van der Waals surface area contributed by atoms with Gasteiger partial charge >= 0.3 is 5.69 Å². The van der Waals surface area contributed by atoms with Gasteiger partial charge in [-0.05, 0) is 24.3 Å². The van der Waals surface area contributed by atoms with Gasteiger partial charge in [0.2, 0.25) is 0 Å². The maximum atomic E-state index is 12.2. The molecule has 122 valence electrons. The topological polar surface area (TPSA) is 98.0 Å². The second-order valence-corrected chi connectivity index (χ2v) is 5.16. The van der Waals surface area contributed by atoms with E-state index in [9.17, 15) is 14.4 Å². The fourth-order valence-electron chi connectivity index (χ4n) is 2.39. The number of aryl methyl sites for hydroxylation is 1. The van der Waals surface area contributed by atoms with Crippen LogP contribution in [0, 0.1) is 0 Å². The highest BCUT2D eigenvalue weighted by Gasteiger charge is 2.14. The minimum atomic E-state index is -0.509. The number of rotatable bonds is 3. The minimum absolute atomic E-state index is 0.201. The Morgan fingerprint density at radius 1 is 1.08 bits per heavy atom. The van der Waals surface area contributed by atoms with Crippen LogP contribution in [0.25, 0.3) is 11.0 Å². The number of hydrogen-bond donors (Lipinski definition) is 2. The zero-order chi connectivity index (χ0) is 17.1. The second kappa shape index (κ2) is 6.37. The predicted octanol–water partition coefficient (Wildman–Crippen LogP) is 0.196. The molecule has 2 heterocycles. The van der Waals surface area contributed by atoms with Crippen LogP contribution in [0.1, 0.15) is 10.4 Å². The van der Waals surface area contributed by atoms with E-state index < -0.39 is 11.8 Å². The van der Waals surface area contributed by atoms with E-state index >= 15 is 0 Å². The molecule has 0 fully saturated rings. The van der Waals surface area contributed by atoms with Crippen molar-refractivity contribution in [2.45, 2.75) is 6.54 Å². The number of hydrazine groups is 1. The highest BCUT2D eigenvalue weighted by atomic mass is 16.2. The van der Waals surface area contributed by atoms with E-state index in [0.717, 1.165) is 5.52 Å². The number of imidazole rings is 1. The van der Waals surface area contributed by atoms with Gasteiger partial charge in [-0.2, -0.15) is 0 Å². The van der Waals surface area contributed by atoms with Crippen LogP contribution in [0.2, 0.25) is 0 Å². The van der Waals surface area contributed by atoms with Crippen LogP contribution in [0.4, 0.5) is 0 Å². The molecule has 2 amide bonds. The van der Waals surface area contributed by atoms with Crippen LogP contribution in [0.5, 0.6) is 0 Å². The summed E-state index contributed by atoms with van der Waals surface area (Å²) in [5, 5.41) is 0. The predicted molar refractivity (Wildman–Crippen MR) is 87.0 cm³/mol. The SMILES string of the molecule is Cn1c(=O)n(CC(=O)NNC(=O)c2cccnc2)c2ccccc21. The zero-order valence-electron chi connectivity index (χ0n) is 12.9. The molecule has 3 rings (SSSR count). The van der Waals surface area contributed by atoms with Crippen molar-refractivity contribution in [3.8, 4) is 0 Å². The van der Waals surface area contributed by atoms with E-state index in [2.05, 4.69) is 15.8 Å². The van der Waals surface area contributed by atoms with Gasteiger partial charge in [0.1, 0.15) is 6.54 Å². The van der Waals surface area contributed by atoms with Crippen molar-refractivity contribution in [2.24, 2.45) is 7.05 Å². The van der Waals surface area contributed by atoms with E-state index in [1.54, 1.807) is 43.6 Å². The van der Waals surface area contributed by atoms with Crippen molar-refractivity contribution >= 4 is 22.8 Å². The third-order valence-electron chi connectivity index (χ3n) is 3.59. The molecule has 0 aliphatic rings. The third-order valence-corrected chi connectivity index (χ3v) is 3.59. The van der Waals surface area contributed by atoms with Gasteiger partial charge < -0.3 is 0 Å². The molecule has 8 nitrogen and oxygen atoms in total. The van der Waals surface area contributed by atoms with Gasteiger partial charge in [0.05, 0.1) is 16.6 Å². The lowest BCUT2D eigenvalue weighted by Crippen LogP contribution is -2.44. The molecule has 0 bridgehead atoms. The molecule has 0 saturated carbocycles. The average Bonchev–Trinajstić information content (AvgIpc) is 2.86. The first-order valence-corrected chi connectivity index (χ1v) is 7.21. The maximum Gasteiger partial charge on any atom is 0.329 e. The monoisotopic (exact) mass is 325 g/mol. The summed E-state index contributed by atoms with van der Waals surface area (Å²) in [7, 11) is 1.64. The maximum absolute atomic E-state index is 12.2. The molecule has 1 aromatic carbocycles. The van der Waals surface area contributed by atoms with Crippen molar-refractivity contribution in [1.29, 1.82) is 0 Å². The number of para-hydroxylation sites is 2. The Labute approximate surface area is 136 Å². The molecule has 3 aromatic rings. The summed E-state index contributed by atoms with van der Waals surface area (Å²) in [4.78, 5) is 40.0. The number of hydrogen-bond acceptors (Lipinski definition) is 4. The summed E-state index contributed by atoms with van der Waals surface area (Å²) in [6.45, 7) is -0.201. The molecule has 2 N–H and O–H groups in total. The van der Waals surface area contributed by atoms with Gasteiger partial charge in [-0.1, -0.05) is 12.1 Å². The van der Waals surface area contributed by atoms with E-state index in [-0.39, 0.29) is 12.2 Å². The number of nitrogens with one attached hydrogen (secondary N) is 2. The summed E-state index contributed by atoms with van der Waals surface area (Å²) < 4.78 is 2.82. The molecule has 0 atom stereocenters. The highest BCUT2D eigenvalue weighted by Crippen LogP contribution is 2.10. The fourth-order valence-corrected chi connectivity index (χ4v) is 2.39. The first-order valence-electron chi connectivity index (χ1n) is 7.21. The molecule has 0 spiro atoms.